The summed E-state index contributed by atoms with van der Waals surface area (Å²) in [4.78, 5) is 57.7. The van der Waals surface area contributed by atoms with Gasteiger partial charge in [-0.1, -0.05) is 82.0 Å². The number of carbonyl (C=O) groups is 4. The Labute approximate surface area is 287 Å². The second-order valence-corrected chi connectivity index (χ2v) is 15.3. The van der Waals surface area contributed by atoms with E-state index in [0.29, 0.717) is 18.4 Å². The molecule has 2 aromatic rings. The third kappa shape index (κ3) is 12.5. The highest BCUT2D eigenvalue weighted by molar-refractivity contribution is 5.94. The van der Waals surface area contributed by atoms with E-state index in [1.807, 2.05) is 77.1 Å². The number of nitrogens with one attached hydrogen (secondary N) is 2. The van der Waals surface area contributed by atoms with E-state index in [1.54, 1.807) is 64.7 Å². The molecule has 9 nitrogen and oxygen atoms in total. The maximum absolute atomic E-state index is 14.8. The fourth-order valence-electron chi connectivity index (χ4n) is 5.20. The number of nitrogens with zero attached hydrogens (tertiary/aromatic N) is 1. The number of hydrogen-bond acceptors (Lipinski definition) is 6. The lowest BCUT2D eigenvalue weighted by Crippen LogP contribution is -2.60. The first-order chi connectivity index (χ1) is 22.2. The largest absolute Gasteiger partial charge is 0.458 e. The van der Waals surface area contributed by atoms with Crippen LogP contribution in [0.25, 0.3) is 6.08 Å². The van der Waals surface area contributed by atoms with Gasteiger partial charge >= 0.3 is 12.1 Å². The van der Waals surface area contributed by atoms with Crippen LogP contribution in [0.3, 0.4) is 0 Å². The number of carbonyl (C=O) groups excluding carboxylic acids is 4. The Bertz CT molecular complexity index is 1400. The van der Waals surface area contributed by atoms with Crippen molar-refractivity contribution in [2.75, 3.05) is 0 Å². The Balaban J connectivity index is 2.74. The molecule has 0 aliphatic rings. The summed E-state index contributed by atoms with van der Waals surface area (Å²) in [5.74, 6) is -1.56. The summed E-state index contributed by atoms with van der Waals surface area (Å²) in [5, 5.41) is 5.75. The Morgan fingerprint density at radius 2 is 1.44 bits per heavy atom. The maximum atomic E-state index is 14.8. The molecule has 0 spiro atoms. The van der Waals surface area contributed by atoms with Crippen molar-refractivity contribution < 1.29 is 28.7 Å². The number of esters is 1. The fraction of sp³-hybridized carbons (Fsp3) is 0.538. The van der Waals surface area contributed by atoms with Crippen LogP contribution in [0, 0.1) is 5.92 Å². The molecule has 3 unspecified atom stereocenters. The van der Waals surface area contributed by atoms with Gasteiger partial charge in [0.05, 0.1) is 0 Å². The van der Waals surface area contributed by atoms with Gasteiger partial charge in [0.2, 0.25) is 11.8 Å². The van der Waals surface area contributed by atoms with Crippen molar-refractivity contribution in [3.05, 3.63) is 77.9 Å². The molecule has 3 atom stereocenters. The first-order valence-corrected chi connectivity index (χ1v) is 16.8. The number of benzene rings is 2. The van der Waals surface area contributed by atoms with E-state index in [2.05, 4.69) is 17.2 Å². The molecule has 0 aliphatic carbocycles. The smallest absolute Gasteiger partial charge is 0.408 e. The van der Waals surface area contributed by atoms with Gasteiger partial charge < -0.3 is 25.0 Å². The molecule has 2 rings (SSSR count). The zero-order valence-electron chi connectivity index (χ0n) is 30.8. The SMILES string of the molecule is C=Cc1cccc(C(C(=O)NC(Cc2ccccc2)C(=O)OC(C)(C)C)N(C(=O)C(CC(C)C)NC(=O)OC(C)(C)C)C(C)(C)CC)c1. The van der Waals surface area contributed by atoms with Gasteiger partial charge in [-0.15, -0.1) is 0 Å². The molecule has 0 heterocycles. The van der Waals surface area contributed by atoms with Crippen molar-refractivity contribution in [1.29, 1.82) is 0 Å². The summed E-state index contributed by atoms with van der Waals surface area (Å²) in [6.45, 7) is 24.1. The van der Waals surface area contributed by atoms with Crippen LogP contribution in [-0.2, 0) is 30.3 Å². The van der Waals surface area contributed by atoms with Gasteiger partial charge in [0.1, 0.15) is 29.3 Å². The average molecular weight is 664 g/mol. The average Bonchev–Trinajstić information content (AvgIpc) is 2.97. The van der Waals surface area contributed by atoms with Crippen LogP contribution in [-0.4, -0.2) is 57.6 Å². The monoisotopic (exact) mass is 663 g/mol. The van der Waals surface area contributed by atoms with E-state index in [-0.39, 0.29) is 12.3 Å². The minimum absolute atomic E-state index is 0.0271. The molecule has 0 radical (unpaired) electrons. The molecule has 0 saturated carbocycles. The Hall–Kier alpha value is -4.14. The van der Waals surface area contributed by atoms with Gasteiger partial charge in [-0.2, -0.15) is 0 Å². The highest BCUT2D eigenvalue weighted by Gasteiger charge is 2.44. The highest BCUT2D eigenvalue weighted by Crippen LogP contribution is 2.34. The second-order valence-electron chi connectivity index (χ2n) is 15.3. The summed E-state index contributed by atoms with van der Waals surface area (Å²) < 4.78 is 11.3. The molecule has 0 bridgehead atoms. The Kier molecular flexibility index (Phi) is 14.0. The summed E-state index contributed by atoms with van der Waals surface area (Å²) in [6, 6.07) is 13.4. The first-order valence-electron chi connectivity index (χ1n) is 16.8. The van der Waals surface area contributed by atoms with Gasteiger partial charge in [-0.25, -0.2) is 9.59 Å². The topological polar surface area (TPSA) is 114 Å². The van der Waals surface area contributed by atoms with E-state index in [4.69, 9.17) is 9.47 Å². The number of alkyl carbamates (subject to hydrolysis) is 1. The van der Waals surface area contributed by atoms with E-state index >= 15 is 0 Å². The predicted molar refractivity (Wildman–Crippen MR) is 191 cm³/mol. The molecular formula is C39H57N3O6. The van der Waals surface area contributed by atoms with Crippen molar-refractivity contribution >= 4 is 30.0 Å². The van der Waals surface area contributed by atoms with Crippen molar-refractivity contribution in [1.82, 2.24) is 15.5 Å². The van der Waals surface area contributed by atoms with Gasteiger partial charge in [-0.05, 0) is 96.9 Å². The minimum Gasteiger partial charge on any atom is -0.458 e. The highest BCUT2D eigenvalue weighted by atomic mass is 16.6. The molecule has 264 valence electrons. The van der Waals surface area contributed by atoms with E-state index in [9.17, 15) is 19.2 Å². The minimum atomic E-state index is -1.18. The molecule has 48 heavy (non-hydrogen) atoms. The normalized spacial score (nSPS) is 13.9. The van der Waals surface area contributed by atoms with Crippen LogP contribution in [0.5, 0.6) is 0 Å². The van der Waals surface area contributed by atoms with Crippen molar-refractivity contribution in [3.8, 4) is 0 Å². The molecule has 0 aliphatic heterocycles. The first kappa shape index (κ1) is 40.0. The van der Waals surface area contributed by atoms with Crippen molar-refractivity contribution in [3.63, 3.8) is 0 Å². The van der Waals surface area contributed by atoms with Crippen LogP contribution < -0.4 is 10.6 Å². The molecule has 2 N–H and O–H groups in total. The van der Waals surface area contributed by atoms with Crippen LogP contribution in [0.1, 0.15) is 112 Å². The fourth-order valence-corrected chi connectivity index (χ4v) is 5.20. The van der Waals surface area contributed by atoms with Crippen LogP contribution in [0.15, 0.2) is 61.2 Å². The lowest BCUT2D eigenvalue weighted by molar-refractivity contribution is -0.159. The molecule has 0 saturated heterocycles. The quantitative estimate of drug-likeness (QED) is 0.204. The number of ether oxygens (including phenoxy) is 2. The van der Waals surface area contributed by atoms with Crippen molar-refractivity contribution in [2.45, 2.75) is 130 Å². The van der Waals surface area contributed by atoms with Crippen LogP contribution in [0.4, 0.5) is 4.79 Å². The van der Waals surface area contributed by atoms with Crippen LogP contribution in [0.2, 0.25) is 0 Å². The van der Waals surface area contributed by atoms with Gasteiger partial charge in [-0.3, -0.25) is 9.59 Å². The van der Waals surface area contributed by atoms with E-state index in [0.717, 1.165) is 11.1 Å². The zero-order valence-corrected chi connectivity index (χ0v) is 30.8. The third-order valence-corrected chi connectivity index (χ3v) is 7.71. The summed E-state index contributed by atoms with van der Waals surface area (Å²) in [5.41, 5.74) is -0.318. The Morgan fingerprint density at radius 3 is 1.96 bits per heavy atom. The summed E-state index contributed by atoms with van der Waals surface area (Å²) >= 11 is 0. The third-order valence-electron chi connectivity index (χ3n) is 7.71. The Morgan fingerprint density at radius 1 is 0.833 bits per heavy atom. The lowest BCUT2D eigenvalue weighted by atomic mass is 9.90. The lowest BCUT2D eigenvalue weighted by Gasteiger charge is -2.45. The van der Waals surface area contributed by atoms with Gasteiger partial charge in [0, 0.05) is 12.0 Å². The van der Waals surface area contributed by atoms with Crippen LogP contribution >= 0.6 is 0 Å². The number of amides is 3. The van der Waals surface area contributed by atoms with E-state index in [1.165, 1.54) is 0 Å². The second kappa shape index (κ2) is 16.8. The molecule has 0 fully saturated rings. The zero-order chi connectivity index (χ0) is 36.4. The molecular weight excluding hydrogens is 606 g/mol. The van der Waals surface area contributed by atoms with Gasteiger partial charge in [0.25, 0.3) is 0 Å². The van der Waals surface area contributed by atoms with Gasteiger partial charge in [0.15, 0.2) is 0 Å². The summed E-state index contributed by atoms with van der Waals surface area (Å²) in [6.07, 6.45) is 1.93. The van der Waals surface area contributed by atoms with Crippen molar-refractivity contribution in [2.24, 2.45) is 5.92 Å². The summed E-state index contributed by atoms with van der Waals surface area (Å²) in [7, 11) is 0. The molecule has 9 heteroatoms. The molecule has 3 amide bonds. The standard InChI is InChI=1S/C39H57N3O6/c1-13-27-21-18-22-29(24-27)32(33(43)40-31(35(45)47-37(5,6)7)25-28-19-16-15-17-20-28)42(39(11,12)14-2)34(44)30(23-26(3)4)41-36(46)48-38(8,9)10/h13,15-22,24,26,30-32H,1,14,23,25H2,2-12H3,(H,40,43)(H,41,46). The molecule has 2 aromatic carbocycles. The number of hydrogen-bond donors (Lipinski definition) is 2. The predicted octanol–water partition coefficient (Wildman–Crippen LogP) is 7.40. The molecule has 0 aromatic heterocycles. The number of rotatable bonds is 14. The maximum Gasteiger partial charge on any atom is 0.408 e. The van der Waals surface area contributed by atoms with E-state index < -0.39 is 58.7 Å².